The van der Waals surface area contributed by atoms with Crippen LogP contribution in [0.2, 0.25) is 5.02 Å². The smallest absolute Gasteiger partial charge is 0.292 e. The summed E-state index contributed by atoms with van der Waals surface area (Å²) in [5.41, 5.74) is 0.991. The number of halogens is 1. The van der Waals surface area contributed by atoms with E-state index in [0.29, 0.717) is 40.6 Å². The van der Waals surface area contributed by atoms with Gasteiger partial charge in [0.05, 0.1) is 10.6 Å². The van der Waals surface area contributed by atoms with Crippen LogP contribution >= 0.6 is 11.6 Å². The van der Waals surface area contributed by atoms with Crippen LogP contribution in [0.15, 0.2) is 22.7 Å². The molecular formula is C17H17ClN2O3. The van der Waals surface area contributed by atoms with Gasteiger partial charge in [-0.05, 0) is 24.5 Å². The zero-order valence-electron chi connectivity index (χ0n) is 13.2. The van der Waals surface area contributed by atoms with Gasteiger partial charge in [0.25, 0.3) is 5.91 Å². The molecule has 0 aliphatic heterocycles. The highest BCUT2D eigenvalue weighted by molar-refractivity contribution is 6.30. The van der Waals surface area contributed by atoms with Crippen LogP contribution in [0, 0.1) is 12.3 Å². The molecule has 2 aromatic rings. The fourth-order valence-electron chi connectivity index (χ4n) is 2.92. The first-order chi connectivity index (χ1) is 10.8. The van der Waals surface area contributed by atoms with Crippen molar-refractivity contribution < 1.29 is 14.0 Å². The van der Waals surface area contributed by atoms with E-state index in [2.05, 4.69) is 10.3 Å². The fraction of sp³-hybridized carbons (Fsp3) is 0.353. The highest BCUT2D eigenvalue weighted by Crippen LogP contribution is 2.38. The minimum absolute atomic E-state index is 0.0289. The van der Waals surface area contributed by atoms with E-state index in [9.17, 15) is 9.59 Å². The van der Waals surface area contributed by atoms with Crippen molar-refractivity contribution in [3.8, 4) is 0 Å². The lowest BCUT2D eigenvalue weighted by atomic mass is 9.76. The number of Topliss-reactive ketones (excluding diaryl/α,β-unsaturated/α-hetero) is 1. The quantitative estimate of drug-likeness (QED) is 0.900. The first kappa shape index (κ1) is 15.7. The van der Waals surface area contributed by atoms with Crippen molar-refractivity contribution >= 4 is 29.1 Å². The Labute approximate surface area is 139 Å². The van der Waals surface area contributed by atoms with Crippen LogP contribution in [-0.4, -0.2) is 16.7 Å². The summed E-state index contributed by atoms with van der Waals surface area (Å²) in [6, 6.07) is 3.24. The van der Waals surface area contributed by atoms with E-state index in [-0.39, 0.29) is 17.0 Å². The van der Waals surface area contributed by atoms with Gasteiger partial charge >= 0.3 is 0 Å². The minimum Gasteiger partial charge on any atom is -0.455 e. The summed E-state index contributed by atoms with van der Waals surface area (Å²) in [4.78, 5) is 28.8. The van der Waals surface area contributed by atoms with Gasteiger partial charge in [-0.1, -0.05) is 25.4 Å². The van der Waals surface area contributed by atoms with E-state index < -0.39 is 5.91 Å². The summed E-state index contributed by atoms with van der Waals surface area (Å²) in [5.74, 6) is 0.745. The van der Waals surface area contributed by atoms with Crippen molar-refractivity contribution in [2.24, 2.45) is 5.41 Å². The number of aromatic nitrogens is 1. The van der Waals surface area contributed by atoms with Crippen LogP contribution in [-0.2, 0) is 6.42 Å². The number of hydrogen-bond acceptors (Lipinski definition) is 4. The predicted molar refractivity (Wildman–Crippen MR) is 87.1 cm³/mol. The lowest BCUT2D eigenvalue weighted by Gasteiger charge is -2.27. The molecule has 120 valence electrons. The van der Waals surface area contributed by atoms with Crippen molar-refractivity contribution in [3.63, 3.8) is 0 Å². The molecule has 0 radical (unpaired) electrons. The maximum absolute atomic E-state index is 12.4. The molecule has 5 nitrogen and oxygen atoms in total. The number of nitrogens with zero attached hydrogens (tertiary/aromatic N) is 1. The summed E-state index contributed by atoms with van der Waals surface area (Å²) in [6.45, 7) is 5.77. The Morgan fingerprint density at radius 1 is 1.35 bits per heavy atom. The number of rotatable bonds is 2. The first-order valence-corrected chi connectivity index (χ1v) is 7.73. The van der Waals surface area contributed by atoms with Gasteiger partial charge in [-0.15, -0.1) is 0 Å². The molecule has 23 heavy (non-hydrogen) atoms. The second kappa shape index (κ2) is 5.49. The molecule has 0 atom stereocenters. The van der Waals surface area contributed by atoms with Crippen LogP contribution in [0.1, 0.15) is 52.5 Å². The number of anilines is 1. The molecule has 0 saturated heterocycles. The largest absolute Gasteiger partial charge is 0.455 e. The van der Waals surface area contributed by atoms with E-state index in [0.717, 1.165) is 0 Å². The van der Waals surface area contributed by atoms with Crippen LogP contribution in [0.3, 0.4) is 0 Å². The zero-order valence-corrected chi connectivity index (χ0v) is 14.0. The standard InChI is InChI=1S/C17H17ClN2O3/c1-9-14-11(21)6-17(2,3)7-12(14)23-15(9)16(22)20-13-5-4-10(18)8-19-13/h4-5,8H,6-7H2,1-3H3,(H,19,20,22). The molecule has 6 heteroatoms. The normalized spacial score (nSPS) is 16.1. The number of carbonyl (C=O) groups excluding carboxylic acids is 2. The highest BCUT2D eigenvalue weighted by Gasteiger charge is 2.37. The number of ketones is 1. The molecule has 0 bridgehead atoms. The molecule has 2 aromatic heterocycles. The van der Waals surface area contributed by atoms with E-state index in [1.807, 2.05) is 13.8 Å². The summed E-state index contributed by atoms with van der Waals surface area (Å²) in [6.07, 6.45) is 2.55. The average molecular weight is 333 g/mol. The Balaban J connectivity index is 1.91. The van der Waals surface area contributed by atoms with Crippen LogP contribution in [0.25, 0.3) is 0 Å². The topological polar surface area (TPSA) is 72.2 Å². The molecule has 0 fully saturated rings. The molecule has 3 rings (SSSR count). The van der Waals surface area contributed by atoms with Crippen LogP contribution in [0.4, 0.5) is 5.82 Å². The van der Waals surface area contributed by atoms with Gasteiger partial charge in [-0.3, -0.25) is 9.59 Å². The number of pyridine rings is 1. The second-order valence-corrected chi connectivity index (χ2v) is 7.05. The van der Waals surface area contributed by atoms with Crippen molar-refractivity contribution in [1.82, 2.24) is 4.98 Å². The van der Waals surface area contributed by atoms with Crippen molar-refractivity contribution in [2.45, 2.75) is 33.6 Å². The lowest BCUT2D eigenvalue weighted by molar-refractivity contribution is 0.0898. The second-order valence-electron chi connectivity index (χ2n) is 6.61. The molecule has 0 saturated carbocycles. The molecule has 0 aromatic carbocycles. The zero-order chi connectivity index (χ0) is 16.8. The maximum Gasteiger partial charge on any atom is 0.292 e. The van der Waals surface area contributed by atoms with Gasteiger partial charge in [-0.2, -0.15) is 0 Å². The van der Waals surface area contributed by atoms with E-state index in [1.165, 1.54) is 6.20 Å². The van der Waals surface area contributed by atoms with Crippen LogP contribution < -0.4 is 5.32 Å². The van der Waals surface area contributed by atoms with Gasteiger partial charge in [0, 0.05) is 24.6 Å². The molecular weight excluding hydrogens is 316 g/mol. The molecule has 1 N–H and O–H groups in total. The van der Waals surface area contributed by atoms with Crippen molar-refractivity contribution in [1.29, 1.82) is 0 Å². The van der Waals surface area contributed by atoms with Gasteiger partial charge in [0.1, 0.15) is 11.6 Å². The van der Waals surface area contributed by atoms with Gasteiger partial charge in [0.2, 0.25) is 0 Å². The fourth-order valence-corrected chi connectivity index (χ4v) is 3.03. The average Bonchev–Trinajstić information content (AvgIpc) is 2.77. The Kier molecular flexibility index (Phi) is 3.76. The van der Waals surface area contributed by atoms with Gasteiger partial charge in [0.15, 0.2) is 11.5 Å². The van der Waals surface area contributed by atoms with E-state index in [4.69, 9.17) is 16.0 Å². The number of fused-ring (bicyclic) bond motifs is 1. The summed E-state index contributed by atoms with van der Waals surface area (Å²) < 4.78 is 5.71. The monoisotopic (exact) mass is 332 g/mol. The van der Waals surface area contributed by atoms with Crippen LogP contribution in [0.5, 0.6) is 0 Å². The van der Waals surface area contributed by atoms with Crippen molar-refractivity contribution in [3.05, 3.63) is 46.0 Å². The first-order valence-electron chi connectivity index (χ1n) is 7.35. The maximum atomic E-state index is 12.4. The molecule has 0 spiro atoms. The molecule has 0 unspecified atom stereocenters. The SMILES string of the molecule is Cc1c(C(=O)Nc2ccc(Cl)cn2)oc2c1C(=O)CC(C)(C)C2. The number of nitrogens with one attached hydrogen (secondary N) is 1. The molecule has 1 amide bonds. The summed E-state index contributed by atoms with van der Waals surface area (Å²) in [7, 11) is 0. The van der Waals surface area contributed by atoms with Gasteiger partial charge < -0.3 is 9.73 Å². The Hall–Kier alpha value is -2.14. The number of amides is 1. The van der Waals surface area contributed by atoms with E-state index in [1.54, 1.807) is 19.1 Å². The third kappa shape index (κ3) is 3.01. The Morgan fingerprint density at radius 3 is 2.74 bits per heavy atom. The Bertz CT molecular complexity index is 791. The van der Waals surface area contributed by atoms with E-state index >= 15 is 0 Å². The summed E-state index contributed by atoms with van der Waals surface area (Å²) >= 11 is 5.77. The highest BCUT2D eigenvalue weighted by atomic mass is 35.5. The number of hydrogen-bond donors (Lipinski definition) is 1. The minimum atomic E-state index is -0.419. The third-order valence-corrected chi connectivity index (χ3v) is 4.18. The van der Waals surface area contributed by atoms with Crippen molar-refractivity contribution in [2.75, 3.05) is 5.32 Å². The molecule has 1 aliphatic rings. The van der Waals surface area contributed by atoms with Gasteiger partial charge in [-0.25, -0.2) is 4.98 Å². The lowest BCUT2D eigenvalue weighted by Crippen LogP contribution is -2.26. The summed E-state index contributed by atoms with van der Waals surface area (Å²) in [5, 5.41) is 3.14. The molecule has 1 aliphatic carbocycles. The predicted octanol–water partition coefficient (Wildman–Crippen LogP) is 4.04. The number of carbonyl (C=O) groups is 2. The number of furan rings is 1. The Morgan fingerprint density at radius 2 is 2.09 bits per heavy atom. The third-order valence-electron chi connectivity index (χ3n) is 3.95. The molecule has 2 heterocycles.